The molecule has 2 aromatic heterocycles. The Kier molecular flexibility index (Phi) is 6.87. The number of aromatic carboxylic acids is 1. The highest BCUT2D eigenvalue weighted by molar-refractivity contribution is 6.03. The number of hydrogen-bond donors (Lipinski definition) is 4. The van der Waals surface area contributed by atoms with Crippen LogP contribution in [0, 0.1) is 6.92 Å². The summed E-state index contributed by atoms with van der Waals surface area (Å²) in [5.41, 5.74) is 1.97. The van der Waals surface area contributed by atoms with E-state index in [2.05, 4.69) is 4.98 Å². The molecule has 0 saturated carbocycles. The standard InChI is InChI=1S/C14H12F3N3O2.C9H7NO2/c1-8-11(13(22)19-18)5-6-12(21)20(8)10-4-2-3-9(7-10)14(15,16)17;11-9(12)7-5-10-8-4-2-1-3-6(7)8/h2-7H,18H2,1H3,(H,19,22);1-5,10H,(H,11,12). The molecule has 1 amide bonds. The van der Waals surface area contributed by atoms with Gasteiger partial charge in [-0.1, -0.05) is 24.3 Å². The van der Waals surface area contributed by atoms with E-state index in [9.17, 15) is 27.6 Å². The van der Waals surface area contributed by atoms with Crippen molar-refractivity contribution >= 4 is 22.8 Å². The number of carboxylic acid groups (broad SMARTS) is 1. The fourth-order valence-corrected chi connectivity index (χ4v) is 3.34. The summed E-state index contributed by atoms with van der Waals surface area (Å²) in [5, 5.41) is 9.51. The number of halogens is 3. The Hall–Kier alpha value is -4.38. The van der Waals surface area contributed by atoms with E-state index in [0.717, 1.165) is 33.7 Å². The number of amides is 1. The van der Waals surface area contributed by atoms with Crippen molar-refractivity contribution in [3.8, 4) is 5.69 Å². The van der Waals surface area contributed by atoms with Crippen LogP contribution in [0.5, 0.6) is 0 Å². The van der Waals surface area contributed by atoms with Crippen LogP contribution in [0.3, 0.4) is 0 Å². The summed E-state index contributed by atoms with van der Waals surface area (Å²) < 4.78 is 39.4. The molecule has 0 atom stereocenters. The van der Waals surface area contributed by atoms with Gasteiger partial charge >= 0.3 is 12.1 Å². The topological polar surface area (TPSA) is 130 Å². The van der Waals surface area contributed by atoms with Gasteiger partial charge in [-0.3, -0.25) is 19.6 Å². The van der Waals surface area contributed by atoms with E-state index in [0.29, 0.717) is 5.56 Å². The second-order valence-corrected chi connectivity index (χ2v) is 7.08. The zero-order chi connectivity index (χ0) is 25.0. The van der Waals surface area contributed by atoms with Crippen LogP contribution < -0.4 is 16.8 Å². The molecule has 4 aromatic rings. The number of nitrogens with zero attached hydrogens (tertiary/aromatic N) is 1. The number of aromatic nitrogens is 2. The lowest BCUT2D eigenvalue weighted by molar-refractivity contribution is -0.137. The monoisotopic (exact) mass is 472 g/mol. The molecule has 8 nitrogen and oxygen atoms in total. The number of nitrogen functional groups attached to an aromatic ring is 1. The van der Waals surface area contributed by atoms with Crippen molar-refractivity contribution < 1.29 is 27.9 Å². The fourth-order valence-electron chi connectivity index (χ4n) is 3.34. The minimum atomic E-state index is -4.53. The predicted molar refractivity (Wildman–Crippen MR) is 119 cm³/mol. The molecule has 0 unspecified atom stereocenters. The lowest BCUT2D eigenvalue weighted by Gasteiger charge is -2.15. The van der Waals surface area contributed by atoms with Gasteiger partial charge in [-0.15, -0.1) is 0 Å². The van der Waals surface area contributed by atoms with Crippen LogP contribution in [-0.4, -0.2) is 26.5 Å². The Labute approximate surface area is 190 Å². The molecule has 0 aliphatic carbocycles. The Morgan fingerprint density at radius 3 is 2.38 bits per heavy atom. The third kappa shape index (κ3) is 4.99. The molecule has 34 heavy (non-hydrogen) atoms. The molecule has 2 heterocycles. The molecule has 11 heteroatoms. The smallest absolute Gasteiger partial charge is 0.416 e. The zero-order valence-electron chi connectivity index (χ0n) is 17.7. The number of hydrogen-bond acceptors (Lipinski definition) is 4. The Morgan fingerprint density at radius 2 is 1.74 bits per heavy atom. The lowest BCUT2D eigenvalue weighted by atomic mass is 10.1. The number of rotatable bonds is 3. The number of para-hydroxylation sites is 1. The zero-order valence-corrected chi connectivity index (χ0v) is 17.7. The van der Waals surface area contributed by atoms with Crippen molar-refractivity contribution in [3.63, 3.8) is 0 Å². The average molecular weight is 472 g/mol. The molecule has 4 rings (SSSR count). The van der Waals surface area contributed by atoms with Gasteiger partial charge in [0.15, 0.2) is 0 Å². The molecule has 0 fully saturated rings. The van der Waals surface area contributed by atoms with Crippen molar-refractivity contribution in [2.24, 2.45) is 5.84 Å². The van der Waals surface area contributed by atoms with E-state index in [1.165, 1.54) is 31.3 Å². The van der Waals surface area contributed by atoms with E-state index in [1.54, 1.807) is 6.07 Å². The number of aromatic amines is 1. The predicted octanol–water partition coefficient (Wildman–Crippen LogP) is 3.63. The highest BCUT2D eigenvalue weighted by Gasteiger charge is 2.30. The minimum absolute atomic E-state index is 0.0176. The molecule has 0 radical (unpaired) electrons. The number of carboxylic acids is 1. The molecule has 2 aromatic carbocycles. The molecule has 5 N–H and O–H groups in total. The van der Waals surface area contributed by atoms with Crippen LogP contribution >= 0.6 is 0 Å². The van der Waals surface area contributed by atoms with Crippen LogP contribution in [0.15, 0.2) is 71.7 Å². The number of carbonyl (C=O) groups excluding carboxylic acids is 1. The number of alkyl halides is 3. The van der Waals surface area contributed by atoms with E-state index < -0.39 is 29.2 Å². The molecule has 0 saturated heterocycles. The number of carbonyl (C=O) groups is 2. The maximum Gasteiger partial charge on any atom is 0.416 e. The molecule has 0 aliphatic rings. The largest absolute Gasteiger partial charge is 0.478 e. The van der Waals surface area contributed by atoms with Gasteiger partial charge in [-0.25, -0.2) is 10.6 Å². The van der Waals surface area contributed by atoms with Crippen LogP contribution in [0.1, 0.15) is 32.0 Å². The van der Waals surface area contributed by atoms with Crippen molar-refractivity contribution in [1.29, 1.82) is 0 Å². The van der Waals surface area contributed by atoms with Gasteiger partial charge in [0.25, 0.3) is 11.5 Å². The summed E-state index contributed by atoms with van der Waals surface area (Å²) in [4.78, 5) is 37.2. The average Bonchev–Trinajstić information content (AvgIpc) is 3.23. The van der Waals surface area contributed by atoms with Crippen molar-refractivity contribution in [3.05, 3.63) is 99.6 Å². The van der Waals surface area contributed by atoms with Gasteiger partial charge in [0.2, 0.25) is 0 Å². The number of pyridine rings is 1. The van der Waals surface area contributed by atoms with E-state index in [4.69, 9.17) is 10.9 Å². The first-order valence-corrected chi connectivity index (χ1v) is 9.75. The summed E-state index contributed by atoms with van der Waals surface area (Å²) in [6.07, 6.45) is -3.02. The Balaban J connectivity index is 0.000000226. The summed E-state index contributed by atoms with van der Waals surface area (Å²) in [6.45, 7) is 1.45. The number of fused-ring (bicyclic) bond motifs is 1. The normalized spacial score (nSPS) is 11.0. The summed E-state index contributed by atoms with van der Waals surface area (Å²) >= 11 is 0. The van der Waals surface area contributed by atoms with Gasteiger partial charge in [0.1, 0.15) is 0 Å². The van der Waals surface area contributed by atoms with Gasteiger partial charge in [0.05, 0.1) is 16.7 Å². The molecular weight excluding hydrogens is 453 g/mol. The third-order valence-electron chi connectivity index (χ3n) is 4.97. The van der Waals surface area contributed by atoms with E-state index in [1.807, 2.05) is 23.6 Å². The van der Waals surface area contributed by atoms with Crippen LogP contribution in [0.4, 0.5) is 13.2 Å². The Bertz CT molecular complexity index is 1420. The first kappa shape index (κ1) is 24.3. The molecule has 0 spiro atoms. The van der Waals surface area contributed by atoms with Gasteiger partial charge in [-0.05, 0) is 37.3 Å². The number of H-pyrrole nitrogens is 1. The first-order valence-electron chi connectivity index (χ1n) is 9.75. The van der Waals surface area contributed by atoms with Crippen molar-refractivity contribution in [1.82, 2.24) is 15.0 Å². The minimum Gasteiger partial charge on any atom is -0.478 e. The number of nitrogens with one attached hydrogen (secondary N) is 2. The maximum absolute atomic E-state index is 12.8. The molecule has 0 bridgehead atoms. The first-order chi connectivity index (χ1) is 16.0. The van der Waals surface area contributed by atoms with Gasteiger partial charge in [-0.2, -0.15) is 13.2 Å². The number of nitrogens with two attached hydrogens (primary N) is 1. The summed E-state index contributed by atoms with van der Waals surface area (Å²) in [7, 11) is 0. The SMILES string of the molecule is Cc1c(C(=O)NN)ccc(=O)n1-c1cccc(C(F)(F)F)c1.O=C(O)c1c[nH]c2ccccc12. The van der Waals surface area contributed by atoms with E-state index in [-0.39, 0.29) is 16.9 Å². The molecule has 0 aliphatic heterocycles. The van der Waals surface area contributed by atoms with Crippen LogP contribution in [0.25, 0.3) is 16.6 Å². The summed E-state index contributed by atoms with van der Waals surface area (Å²) in [5.74, 6) is 3.51. The lowest BCUT2D eigenvalue weighted by Crippen LogP contribution is -2.33. The van der Waals surface area contributed by atoms with Gasteiger partial charge in [0, 0.05) is 34.5 Å². The molecular formula is C23H19F3N4O4. The second kappa shape index (κ2) is 9.63. The maximum atomic E-state index is 12.8. The Morgan fingerprint density at radius 1 is 1.03 bits per heavy atom. The summed E-state index contributed by atoms with van der Waals surface area (Å²) in [6, 6.07) is 14.0. The van der Waals surface area contributed by atoms with Gasteiger partial charge < -0.3 is 10.1 Å². The highest BCUT2D eigenvalue weighted by atomic mass is 19.4. The highest BCUT2D eigenvalue weighted by Crippen LogP contribution is 2.30. The van der Waals surface area contributed by atoms with Crippen molar-refractivity contribution in [2.75, 3.05) is 0 Å². The fraction of sp³-hybridized carbons (Fsp3) is 0.0870. The molecule has 176 valence electrons. The van der Waals surface area contributed by atoms with Crippen molar-refractivity contribution in [2.45, 2.75) is 13.1 Å². The second-order valence-electron chi connectivity index (χ2n) is 7.08. The van der Waals surface area contributed by atoms with E-state index >= 15 is 0 Å². The third-order valence-corrected chi connectivity index (χ3v) is 4.97. The number of benzene rings is 2. The quantitative estimate of drug-likeness (QED) is 0.206. The number of hydrazine groups is 1. The van der Waals surface area contributed by atoms with Crippen LogP contribution in [-0.2, 0) is 6.18 Å². The van der Waals surface area contributed by atoms with Crippen LogP contribution in [0.2, 0.25) is 0 Å².